The number of benzene rings is 2. The number of carboxylic acid groups (broad SMARTS) is 1. The topological polar surface area (TPSA) is 100 Å². The minimum atomic E-state index is -2.88. The molecule has 1 aromatic heterocycles. The maximum Gasteiger partial charge on any atom is 0.307 e. The molecule has 0 amide bonds. The van der Waals surface area contributed by atoms with E-state index >= 15 is 0 Å². The van der Waals surface area contributed by atoms with Gasteiger partial charge in [0, 0.05) is 43.7 Å². The fourth-order valence-electron chi connectivity index (χ4n) is 5.89. The van der Waals surface area contributed by atoms with E-state index in [4.69, 9.17) is 9.72 Å². The van der Waals surface area contributed by atoms with E-state index < -0.39 is 15.8 Å². The lowest BCUT2D eigenvalue weighted by Gasteiger charge is -2.26. The number of thiazole rings is 1. The quantitative estimate of drug-likeness (QED) is 0.436. The first-order chi connectivity index (χ1) is 18.7. The van der Waals surface area contributed by atoms with Gasteiger partial charge in [-0.15, -0.1) is 11.3 Å². The van der Waals surface area contributed by atoms with Crippen LogP contribution < -0.4 is 9.64 Å². The number of ether oxygens (including phenoxy) is 1. The molecule has 2 aromatic carbocycles. The molecule has 3 aromatic rings. The highest BCUT2D eigenvalue weighted by Gasteiger charge is 2.60. The zero-order chi connectivity index (χ0) is 27.3. The summed E-state index contributed by atoms with van der Waals surface area (Å²) in [4.78, 5) is 20.6. The van der Waals surface area contributed by atoms with Crippen LogP contribution in [0.3, 0.4) is 0 Å². The van der Waals surface area contributed by atoms with Gasteiger partial charge in [-0.1, -0.05) is 29.8 Å². The molecule has 2 unspecified atom stereocenters. The SMILES string of the molecule is Cc1ccc(OCc2ccc(CN3CCS(=O)(=O)CC3)cc2C)c(-c2csc(N3CC4C(C3)C4C(=O)O)n2)c1. The van der Waals surface area contributed by atoms with E-state index in [1.54, 1.807) is 11.3 Å². The molecule has 3 fully saturated rings. The van der Waals surface area contributed by atoms with Gasteiger partial charge >= 0.3 is 5.97 Å². The predicted octanol–water partition coefficient (Wildman–Crippen LogP) is 4.00. The Morgan fingerprint density at radius 1 is 1.10 bits per heavy atom. The number of aryl methyl sites for hydroxylation is 2. The normalized spacial score (nSPS) is 23.9. The van der Waals surface area contributed by atoms with E-state index in [2.05, 4.69) is 53.3 Å². The highest BCUT2D eigenvalue weighted by molar-refractivity contribution is 7.91. The van der Waals surface area contributed by atoms with Gasteiger partial charge in [-0.3, -0.25) is 9.69 Å². The van der Waals surface area contributed by atoms with Crippen molar-refractivity contribution in [2.45, 2.75) is 27.0 Å². The molecule has 2 saturated heterocycles. The summed E-state index contributed by atoms with van der Waals surface area (Å²) in [5, 5.41) is 12.3. The van der Waals surface area contributed by atoms with Crippen molar-refractivity contribution >= 4 is 32.3 Å². The zero-order valence-corrected chi connectivity index (χ0v) is 23.8. The number of nitrogens with zero attached hydrogens (tertiary/aromatic N) is 3. The summed E-state index contributed by atoms with van der Waals surface area (Å²) < 4.78 is 29.8. The first kappa shape index (κ1) is 26.3. The molecule has 0 spiro atoms. The molecule has 8 nitrogen and oxygen atoms in total. The Labute approximate surface area is 233 Å². The van der Waals surface area contributed by atoms with E-state index in [9.17, 15) is 18.3 Å². The van der Waals surface area contributed by atoms with Crippen molar-refractivity contribution < 1.29 is 23.1 Å². The zero-order valence-electron chi connectivity index (χ0n) is 22.2. The molecule has 3 aliphatic rings. The molecule has 2 atom stereocenters. The molecule has 206 valence electrons. The van der Waals surface area contributed by atoms with Gasteiger partial charge in [-0.25, -0.2) is 13.4 Å². The second-order valence-corrected chi connectivity index (χ2v) is 14.2. The van der Waals surface area contributed by atoms with Crippen molar-refractivity contribution in [1.82, 2.24) is 9.88 Å². The van der Waals surface area contributed by atoms with E-state index in [1.165, 1.54) is 5.56 Å². The van der Waals surface area contributed by atoms with Gasteiger partial charge in [0.2, 0.25) is 0 Å². The lowest BCUT2D eigenvalue weighted by Crippen LogP contribution is -2.39. The van der Waals surface area contributed by atoms with E-state index in [0.29, 0.717) is 19.7 Å². The van der Waals surface area contributed by atoms with Crippen molar-refractivity contribution in [3.63, 3.8) is 0 Å². The second kappa shape index (κ2) is 10.2. The first-order valence-electron chi connectivity index (χ1n) is 13.4. The predicted molar refractivity (Wildman–Crippen MR) is 152 cm³/mol. The van der Waals surface area contributed by atoms with Gasteiger partial charge in [-0.05, 0) is 54.5 Å². The van der Waals surface area contributed by atoms with Crippen LogP contribution in [0, 0.1) is 31.6 Å². The number of anilines is 1. The van der Waals surface area contributed by atoms with Gasteiger partial charge in [0.15, 0.2) is 15.0 Å². The van der Waals surface area contributed by atoms with Crippen LogP contribution in [-0.4, -0.2) is 67.1 Å². The van der Waals surface area contributed by atoms with Crippen LogP contribution in [0.15, 0.2) is 41.8 Å². The second-order valence-electron chi connectivity index (χ2n) is 11.1. The molecule has 1 aliphatic carbocycles. The van der Waals surface area contributed by atoms with Crippen LogP contribution in [0.25, 0.3) is 11.3 Å². The standard InChI is InChI=1S/C29H33N3O5S2/c1-18-3-6-26(22(11-18)25-17-38-29(30-25)32-14-23-24(15-32)27(23)28(33)34)37-16-21-5-4-20(12-19(21)2)13-31-7-9-39(35,36)10-8-31/h3-6,11-12,17,23-24,27H,7-10,13-16H2,1-2H3,(H,33,34). The molecule has 0 bridgehead atoms. The van der Waals surface area contributed by atoms with Crippen LogP contribution in [0.1, 0.15) is 22.3 Å². The van der Waals surface area contributed by atoms with Gasteiger partial charge in [-0.2, -0.15) is 0 Å². The van der Waals surface area contributed by atoms with Gasteiger partial charge < -0.3 is 14.7 Å². The monoisotopic (exact) mass is 567 g/mol. The average Bonchev–Trinajstić information content (AvgIpc) is 3.21. The molecular formula is C29H33N3O5S2. The van der Waals surface area contributed by atoms with E-state index in [1.807, 2.05) is 12.1 Å². The van der Waals surface area contributed by atoms with Crippen molar-refractivity contribution in [3.8, 4) is 17.0 Å². The molecule has 3 heterocycles. The van der Waals surface area contributed by atoms with Crippen LogP contribution in [0.5, 0.6) is 5.75 Å². The van der Waals surface area contributed by atoms with Crippen molar-refractivity contribution in [2.24, 2.45) is 17.8 Å². The maximum atomic E-state index is 11.7. The summed E-state index contributed by atoms with van der Waals surface area (Å²) >= 11 is 1.60. The number of sulfone groups is 1. The third kappa shape index (κ3) is 5.55. The molecule has 1 N–H and O–H groups in total. The largest absolute Gasteiger partial charge is 0.488 e. The molecule has 10 heteroatoms. The summed E-state index contributed by atoms with van der Waals surface area (Å²) in [7, 11) is -2.88. The highest BCUT2D eigenvalue weighted by Crippen LogP contribution is 2.53. The van der Waals surface area contributed by atoms with Crippen LogP contribution in [0.4, 0.5) is 5.13 Å². The Kier molecular flexibility index (Phi) is 6.89. The Morgan fingerprint density at radius 3 is 2.54 bits per heavy atom. The van der Waals surface area contributed by atoms with Crippen molar-refractivity contribution in [2.75, 3.05) is 42.6 Å². The lowest BCUT2D eigenvalue weighted by atomic mass is 10.0. The summed E-state index contributed by atoms with van der Waals surface area (Å²) in [5.41, 5.74) is 6.39. The van der Waals surface area contributed by atoms with Gasteiger partial charge in [0.05, 0.1) is 23.1 Å². The molecule has 6 rings (SSSR count). The summed E-state index contributed by atoms with van der Waals surface area (Å²) in [5.74, 6) is 0.903. The van der Waals surface area contributed by atoms with Gasteiger partial charge in [0.25, 0.3) is 0 Å². The highest BCUT2D eigenvalue weighted by atomic mass is 32.2. The van der Waals surface area contributed by atoms with E-state index in [-0.39, 0.29) is 29.3 Å². The molecule has 39 heavy (non-hydrogen) atoms. The Balaban J connectivity index is 1.11. The molecule has 1 saturated carbocycles. The summed E-state index contributed by atoms with van der Waals surface area (Å²) in [6.07, 6.45) is 0. The smallest absolute Gasteiger partial charge is 0.307 e. The fraction of sp³-hybridized carbons (Fsp3) is 0.448. The Bertz CT molecular complexity index is 1490. The number of piperidine rings is 1. The number of carboxylic acids is 1. The van der Waals surface area contributed by atoms with Crippen LogP contribution in [0.2, 0.25) is 0 Å². The minimum Gasteiger partial charge on any atom is -0.488 e. The number of hydrogen-bond acceptors (Lipinski definition) is 8. The van der Waals surface area contributed by atoms with Gasteiger partial charge in [0.1, 0.15) is 12.4 Å². The Hall–Kier alpha value is -2.95. The number of carbonyl (C=O) groups is 1. The molecular weight excluding hydrogens is 534 g/mol. The molecule has 2 aliphatic heterocycles. The number of rotatable bonds is 8. The minimum absolute atomic E-state index is 0.182. The maximum absolute atomic E-state index is 11.7. The Morgan fingerprint density at radius 2 is 1.85 bits per heavy atom. The number of aliphatic carboxylic acids is 1. The third-order valence-electron chi connectivity index (χ3n) is 8.29. The fourth-order valence-corrected chi connectivity index (χ4v) is 8.02. The summed E-state index contributed by atoms with van der Waals surface area (Å²) in [6.45, 7) is 8.03. The first-order valence-corrected chi connectivity index (χ1v) is 16.1. The number of hydrogen-bond donors (Lipinski definition) is 1. The summed E-state index contributed by atoms with van der Waals surface area (Å²) in [6, 6.07) is 12.5. The van der Waals surface area contributed by atoms with Crippen molar-refractivity contribution in [1.29, 1.82) is 0 Å². The average molecular weight is 568 g/mol. The van der Waals surface area contributed by atoms with E-state index in [0.717, 1.165) is 58.5 Å². The number of fused-ring (bicyclic) bond motifs is 1. The molecule has 0 radical (unpaired) electrons. The van der Waals surface area contributed by atoms with Crippen molar-refractivity contribution in [3.05, 3.63) is 64.0 Å². The van der Waals surface area contributed by atoms with Crippen LogP contribution in [-0.2, 0) is 27.8 Å². The number of aromatic nitrogens is 1. The van der Waals surface area contributed by atoms with Crippen LogP contribution >= 0.6 is 11.3 Å². The lowest BCUT2D eigenvalue weighted by molar-refractivity contribution is -0.139. The third-order valence-corrected chi connectivity index (χ3v) is 10.8.